The lowest BCUT2D eigenvalue weighted by molar-refractivity contribution is -0.157. The van der Waals surface area contributed by atoms with Gasteiger partial charge < -0.3 is 4.74 Å². The van der Waals surface area contributed by atoms with E-state index in [1.54, 1.807) is 42.5 Å². The topological polar surface area (TPSA) is 44.8 Å². The number of rotatable bonds is 3. The lowest BCUT2D eigenvalue weighted by Crippen LogP contribution is -2.12. The normalized spacial score (nSPS) is 9.61. The van der Waals surface area contributed by atoms with Crippen LogP contribution in [0.4, 0.5) is 4.79 Å². The average Bonchev–Trinajstić information content (AvgIpc) is 2.38. The summed E-state index contributed by atoms with van der Waals surface area (Å²) in [5.74, 6) is 0.685. The molecule has 0 radical (unpaired) electrons. The molecule has 0 saturated carbocycles. The average molecular weight is 265 g/mol. The van der Waals surface area contributed by atoms with Gasteiger partial charge in [0.2, 0.25) is 0 Å². The van der Waals surface area contributed by atoms with Crippen molar-refractivity contribution in [3.63, 3.8) is 0 Å². The molecule has 0 unspecified atom stereocenters. The highest BCUT2D eigenvalue weighted by Crippen LogP contribution is 2.17. The quantitative estimate of drug-likeness (QED) is 0.366. The van der Waals surface area contributed by atoms with Crippen LogP contribution in [0.25, 0.3) is 0 Å². The summed E-state index contributed by atoms with van der Waals surface area (Å²) in [5.41, 5.74) is 0. The fourth-order valence-corrected chi connectivity index (χ4v) is 1.38. The first-order chi connectivity index (χ1) is 8.74. The van der Waals surface area contributed by atoms with Crippen LogP contribution in [-0.2, 0) is 4.89 Å². The van der Waals surface area contributed by atoms with Crippen molar-refractivity contribution in [2.45, 2.75) is 0 Å². The van der Waals surface area contributed by atoms with Gasteiger partial charge in [-0.05, 0) is 30.3 Å². The van der Waals surface area contributed by atoms with Crippen LogP contribution in [0.3, 0.4) is 0 Å². The third-order valence-electron chi connectivity index (χ3n) is 1.95. The predicted octanol–water partition coefficient (Wildman–Crippen LogP) is 3.85. The van der Waals surface area contributed by atoms with Gasteiger partial charge in [0.25, 0.3) is 0 Å². The molecule has 0 fully saturated rings. The maximum Gasteiger partial charge on any atom is 0.555 e. The van der Waals surface area contributed by atoms with Gasteiger partial charge in [-0.2, -0.15) is 4.79 Å². The first-order valence-corrected chi connectivity index (χ1v) is 5.49. The Morgan fingerprint density at radius 1 is 0.944 bits per heavy atom. The first-order valence-electron chi connectivity index (χ1n) is 5.11. The van der Waals surface area contributed by atoms with Crippen molar-refractivity contribution in [1.82, 2.24) is 0 Å². The third-order valence-corrected chi connectivity index (χ3v) is 2.18. The number of hydrogen-bond donors (Lipinski definition) is 0. The minimum atomic E-state index is -0.971. The molecule has 2 aromatic rings. The van der Waals surface area contributed by atoms with Crippen LogP contribution in [0.2, 0.25) is 5.02 Å². The predicted molar refractivity (Wildman–Crippen MR) is 65.6 cm³/mol. The Labute approximate surface area is 109 Å². The summed E-state index contributed by atoms with van der Waals surface area (Å²) in [6.45, 7) is 0. The molecule has 0 aliphatic heterocycles. The van der Waals surface area contributed by atoms with E-state index in [0.29, 0.717) is 10.8 Å². The molecule has 2 aromatic carbocycles. The molecule has 92 valence electrons. The monoisotopic (exact) mass is 264 g/mol. The van der Waals surface area contributed by atoms with Crippen LogP contribution < -0.4 is 9.62 Å². The Morgan fingerprint density at radius 3 is 2.39 bits per heavy atom. The number of halogens is 1. The molecule has 0 atom stereocenters. The van der Waals surface area contributed by atoms with Crippen LogP contribution >= 0.6 is 11.6 Å². The maximum absolute atomic E-state index is 11.3. The van der Waals surface area contributed by atoms with E-state index >= 15 is 0 Å². The SMILES string of the molecule is O=C(OOc1ccccc1)Oc1cccc(Cl)c1. The Bertz CT molecular complexity index is 528. The Hall–Kier alpha value is -2.20. The fourth-order valence-electron chi connectivity index (χ4n) is 1.20. The van der Waals surface area contributed by atoms with Gasteiger partial charge in [-0.1, -0.05) is 35.9 Å². The van der Waals surface area contributed by atoms with Crippen molar-refractivity contribution in [2.75, 3.05) is 0 Å². The summed E-state index contributed by atoms with van der Waals surface area (Å²) >= 11 is 5.74. The van der Waals surface area contributed by atoms with E-state index in [0.717, 1.165) is 0 Å². The molecule has 4 nitrogen and oxygen atoms in total. The zero-order chi connectivity index (χ0) is 12.8. The van der Waals surface area contributed by atoms with E-state index in [1.807, 2.05) is 6.07 Å². The highest BCUT2D eigenvalue weighted by molar-refractivity contribution is 6.30. The smallest absolute Gasteiger partial charge is 0.392 e. The Morgan fingerprint density at radius 2 is 1.67 bits per heavy atom. The molecule has 0 amide bonds. The number of carbonyl (C=O) groups is 1. The molecule has 2 rings (SSSR count). The van der Waals surface area contributed by atoms with E-state index in [-0.39, 0.29) is 5.75 Å². The van der Waals surface area contributed by atoms with Gasteiger partial charge in [0.15, 0.2) is 5.75 Å². The lowest BCUT2D eigenvalue weighted by Gasteiger charge is -2.05. The van der Waals surface area contributed by atoms with E-state index in [9.17, 15) is 4.79 Å². The van der Waals surface area contributed by atoms with Gasteiger partial charge >= 0.3 is 6.16 Å². The van der Waals surface area contributed by atoms with E-state index in [2.05, 4.69) is 4.89 Å². The second kappa shape index (κ2) is 5.93. The Balaban J connectivity index is 1.86. The van der Waals surface area contributed by atoms with Crippen molar-refractivity contribution in [3.8, 4) is 11.5 Å². The minimum absolute atomic E-state index is 0.282. The molecular formula is C13H9ClO4. The van der Waals surface area contributed by atoms with Gasteiger partial charge in [0, 0.05) is 5.02 Å². The second-order valence-corrected chi connectivity index (χ2v) is 3.73. The molecule has 5 heteroatoms. The molecule has 18 heavy (non-hydrogen) atoms. The van der Waals surface area contributed by atoms with Crippen molar-refractivity contribution >= 4 is 17.8 Å². The minimum Gasteiger partial charge on any atom is -0.392 e. The van der Waals surface area contributed by atoms with Crippen molar-refractivity contribution in [2.24, 2.45) is 0 Å². The van der Waals surface area contributed by atoms with Crippen molar-refractivity contribution < 1.29 is 19.3 Å². The van der Waals surface area contributed by atoms with Gasteiger partial charge in [-0.25, -0.2) is 4.89 Å². The summed E-state index contributed by atoms with van der Waals surface area (Å²) in [6.07, 6.45) is -0.971. The number of carbonyl (C=O) groups excluding carboxylic acids is 1. The summed E-state index contributed by atoms with van der Waals surface area (Å²) in [6, 6.07) is 15.0. The van der Waals surface area contributed by atoms with Gasteiger partial charge in [-0.15, -0.1) is 0 Å². The van der Waals surface area contributed by atoms with Crippen molar-refractivity contribution in [3.05, 3.63) is 59.6 Å². The van der Waals surface area contributed by atoms with Crippen molar-refractivity contribution in [1.29, 1.82) is 0 Å². The van der Waals surface area contributed by atoms with Gasteiger partial charge in [0.1, 0.15) is 5.75 Å². The largest absolute Gasteiger partial charge is 0.555 e. The summed E-state index contributed by atoms with van der Waals surface area (Å²) in [5, 5.41) is 0.462. The maximum atomic E-state index is 11.3. The number of benzene rings is 2. The number of ether oxygens (including phenoxy) is 1. The molecule has 0 spiro atoms. The van der Waals surface area contributed by atoms with Crippen LogP contribution in [0.15, 0.2) is 54.6 Å². The molecule has 0 aliphatic carbocycles. The highest BCUT2D eigenvalue weighted by Gasteiger charge is 2.08. The van der Waals surface area contributed by atoms with Crippen LogP contribution in [0, 0.1) is 0 Å². The Kier molecular flexibility index (Phi) is 4.04. The van der Waals surface area contributed by atoms with Gasteiger partial charge in [0.05, 0.1) is 0 Å². The summed E-state index contributed by atoms with van der Waals surface area (Å²) in [4.78, 5) is 20.5. The van der Waals surface area contributed by atoms with Crippen LogP contribution in [0.1, 0.15) is 0 Å². The van der Waals surface area contributed by atoms with Gasteiger partial charge in [-0.3, -0.25) is 4.89 Å². The standard InChI is InChI=1S/C13H9ClO4/c14-10-5-4-8-12(9-10)16-13(15)18-17-11-6-2-1-3-7-11/h1-9H. The number of para-hydroxylation sites is 1. The zero-order valence-corrected chi connectivity index (χ0v) is 9.96. The van der Waals surface area contributed by atoms with Crippen LogP contribution in [-0.4, -0.2) is 6.16 Å². The fraction of sp³-hybridized carbons (Fsp3) is 0. The molecule has 0 N–H and O–H groups in total. The van der Waals surface area contributed by atoms with Crippen LogP contribution in [0.5, 0.6) is 11.5 Å². The molecule has 0 heterocycles. The molecule has 0 aliphatic rings. The second-order valence-electron chi connectivity index (χ2n) is 3.29. The molecular weight excluding hydrogens is 256 g/mol. The summed E-state index contributed by atoms with van der Waals surface area (Å²) in [7, 11) is 0. The molecule has 0 saturated heterocycles. The van der Waals surface area contributed by atoms with E-state index < -0.39 is 6.16 Å². The zero-order valence-electron chi connectivity index (χ0n) is 9.21. The first kappa shape index (κ1) is 12.3. The molecule has 0 aromatic heterocycles. The third kappa shape index (κ3) is 3.68. The molecule has 0 bridgehead atoms. The van der Waals surface area contributed by atoms with E-state index in [4.69, 9.17) is 21.2 Å². The highest BCUT2D eigenvalue weighted by atomic mass is 35.5. The van der Waals surface area contributed by atoms with E-state index in [1.165, 1.54) is 6.07 Å². The lowest BCUT2D eigenvalue weighted by atomic mass is 10.3. The number of hydrogen-bond acceptors (Lipinski definition) is 4. The summed E-state index contributed by atoms with van der Waals surface area (Å²) < 4.78 is 4.85.